The minimum atomic E-state index is -2.91. The Morgan fingerprint density at radius 2 is 2.33 bits per heavy atom. The number of hydrogen-bond acceptors (Lipinski definition) is 6. The van der Waals surface area contributed by atoms with Gasteiger partial charge in [0.1, 0.15) is 9.84 Å². The Labute approximate surface area is 107 Å². The smallest absolute Gasteiger partial charge is 0.213 e. The van der Waals surface area contributed by atoms with Gasteiger partial charge in [-0.15, -0.1) is 0 Å². The van der Waals surface area contributed by atoms with Crippen LogP contribution in [0, 0.1) is 0 Å². The summed E-state index contributed by atoms with van der Waals surface area (Å²) < 4.78 is 27.7. The summed E-state index contributed by atoms with van der Waals surface area (Å²) in [6, 6.07) is 0.283. The van der Waals surface area contributed by atoms with E-state index in [-0.39, 0.29) is 11.3 Å². The highest BCUT2D eigenvalue weighted by atomic mass is 32.2. The second-order valence-electron chi connectivity index (χ2n) is 4.87. The van der Waals surface area contributed by atoms with Crippen molar-refractivity contribution in [2.24, 2.45) is 0 Å². The topological polar surface area (TPSA) is 85.1 Å². The zero-order chi connectivity index (χ0) is 13.0. The molecule has 1 aromatic rings. The van der Waals surface area contributed by atoms with Crippen LogP contribution in [0.5, 0.6) is 0 Å². The molecule has 0 aliphatic heterocycles. The Morgan fingerprint density at radius 1 is 1.50 bits per heavy atom. The largest absolute Gasteiger partial charge is 0.343 e. The Balaban J connectivity index is 1.76. The summed E-state index contributed by atoms with van der Waals surface area (Å²) in [5, 5.41) is 6.92. The summed E-state index contributed by atoms with van der Waals surface area (Å²) in [4.78, 5) is 3.94. The van der Waals surface area contributed by atoms with Gasteiger partial charge in [0.2, 0.25) is 6.39 Å². The number of aromatic nitrogens is 2. The number of sulfone groups is 1. The molecule has 0 aromatic carbocycles. The van der Waals surface area contributed by atoms with E-state index in [1.807, 2.05) is 0 Å². The highest BCUT2D eigenvalue weighted by Gasteiger charge is 2.28. The first-order valence-corrected chi connectivity index (χ1v) is 8.18. The lowest BCUT2D eigenvalue weighted by atomic mass is 9.95. The molecule has 0 saturated heterocycles. The van der Waals surface area contributed by atoms with E-state index in [1.165, 1.54) is 12.6 Å². The standard InChI is InChI=1S/C11H19N3O3S/c1-18(15,16)10-4-2-3-9(7-10)12-6-5-11-13-8-17-14-11/h8-10,12H,2-7H2,1H3. The fourth-order valence-electron chi connectivity index (χ4n) is 2.41. The second kappa shape index (κ2) is 5.79. The molecule has 6 nitrogen and oxygen atoms in total. The number of nitrogens with one attached hydrogen (secondary N) is 1. The average Bonchev–Trinajstić information content (AvgIpc) is 2.81. The van der Waals surface area contributed by atoms with Crippen molar-refractivity contribution in [1.29, 1.82) is 0 Å². The van der Waals surface area contributed by atoms with Crippen LogP contribution in [-0.2, 0) is 16.3 Å². The van der Waals surface area contributed by atoms with E-state index in [2.05, 4.69) is 20.0 Å². The summed E-state index contributed by atoms with van der Waals surface area (Å²) in [5.41, 5.74) is 0. The van der Waals surface area contributed by atoms with Crippen LogP contribution >= 0.6 is 0 Å². The number of nitrogens with zero attached hydrogens (tertiary/aromatic N) is 2. The third-order valence-electron chi connectivity index (χ3n) is 3.42. The molecule has 1 aliphatic rings. The SMILES string of the molecule is CS(=O)(=O)C1CCCC(NCCc2ncon2)C1. The Kier molecular flexibility index (Phi) is 4.34. The lowest BCUT2D eigenvalue weighted by Crippen LogP contribution is -2.39. The van der Waals surface area contributed by atoms with Gasteiger partial charge in [-0.05, 0) is 19.3 Å². The highest BCUT2D eigenvalue weighted by molar-refractivity contribution is 7.91. The molecule has 2 rings (SSSR count). The maximum Gasteiger partial charge on any atom is 0.213 e. The van der Waals surface area contributed by atoms with E-state index in [4.69, 9.17) is 0 Å². The van der Waals surface area contributed by atoms with Crippen LogP contribution in [0.3, 0.4) is 0 Å². The summed E-state index contributed by atoms with van der Waals surface area (Å²) >= 11 is 0. The van der Waals surface area contributed by atoms with Gasteiger partial charge in [-0.1, -0.05) is 11.6 Å². The first kappa shape index (κ1) is 13.5. The molecule has 18 heavy (non-hydrogen) atoms. The van der Waals surface area contributed by atoms with Crippen LogP contribution in [-0.4, -0.2) is 42.7 Å². The van der Waals surface area contributed by atoms with Gasteiger partial charge >= 0.3 is 0 Å². The molecule has 1 fully saturated rings. The highest BCUT2D eigenvalue weighted by Crippen LogP contribution is 2.23. The summed E-state index contributed by atoms with van der Waals surface area (Å²) in [6.07, 6.45) is 6.87. The van der Waals surface area contributed by atoms with E-state index in [9.17, 15) is 8.42 Å². The van der Waals surface area contributed by atoms with Crippen LogP contribution in [0.2, 0.25) is 0 Å². The zero-order valence-corrected chi connectivity index (χ0v) is 11.3. The van der Waals surface area contributed by atoms with Crippen molar-refractivity contribution in [3.63, 3.8) is 0 Å². The van der Waals surface area contributed by atoms with Crippen molar-refractivity contribution in [3.8, 4) is 0 Å². The molecule has 1 aliphatic carbocycles. The molecule has 0 spiro atoms. The predicted octanol–water partition coefficient (Wildman–Crippen LogP) is 0.557. The van der Waals surface area contributed by atoms with Crippen molar-refractivity contribution in [2.45, 2.75) is 43.4 Å². The van der Waals surface area contributed by atoms with Crippen molar-refractivity contribution in [3.05, 3.63) is 12.2 Å². The van der Waals surface area contributed by atoms with Crippen molar-refractivity contribution in [1.82, 2.24) is 15.5 Å². The molecule has 7 heteroatoms. The number of hydrogen-bond donors (Lipinski definition) is 1. The van der Waals surface area contributed by atoms with Gasteiger partial charge in [0.15, 0.2) is 5.82 Å². The molecule has 0 radical (unpaired) electrons. The molecule has 102 valence electrons. The Bertz CT molecular complexity index is 458. The van der Waals surface area contributed by atoms with Gasteiger partial charge in [0, 0.05) is 25.3 Å². The summed E-state index contributed by atoms with van der Waals surface area (Å²) in [6.45, 7) is 0.751. The molecule has 0 bridgehead atoms. The zero-order valence-electron chi connectivity index (χ0n) is 10.5. The average molecular weight is 273 g/mol. The molecule has 1 heterocycles. The van der Waals surface area contributed by atoms with Crippen molar-refractivity contribution < 1.29 is 12.9 Å². The van der Waals surface area contributed by atoms with Gasteiger partial charge in [0.05, 0.1) is 5.25 Å². The first-order valence-electron chi connectivity index (χ1n) is 6.23. The van der Waals surface area contributed by atoms with Gasteiger partial charge < -0.3 is 9.84 Å². The van der Waals surface area contributed by atoms with Crippen molar-refractivity contribution >= 4 is 9.84 Å². The molecular formula is C11H19N3O3S. The van der Waals surface area contributed by atoms with Crippen LogP contribution in [0.25, 0.3) is 0 Å². The third-order valence-corrected chi connectivity index (χ3v) is 5.06. The monoisotopic (exact) mass is 273 g/mol. The lowest BCUT2D eigenvalue weighted by molar-refractivity contribution is 0.370. The molecular weight excluding hydrogens is 254 g/mol. The maximum absolute atomic E-state index is 11.5. The normalized spacial score (nSPS) is 25.2. The minimum Gasteiger partial charge on any atom is -0.343 e. The van der Waals surface area contributed by atoms with E-state index in [1.54, 1.807) is 0 Å². The molecule has 1 aromatic heterocycles. The van der Waals surface area contributed by atoms with Crippen LogP contribution in [0.15, 0.2) is 10.9 Å². The maximum atomic E-state index is 11.5. The van der Waals surface area contributed by atoms with E-state index in [0.717, 1.165) is 25.8 Å². The van der Waals surface area contributed by atoms with Gasteiger partial charge in [0.25, 0.3) is 0 Å². The Hall–Kier alpha value is -0.950. The van der Waals surface area contributed by atoms with E-state index < -0.39 is 9.84 Å². The Morgan fingerprint density at radius 3 is 3.00 bits per heavy atom. The van der Waals surface area contributed by atoms with E-state index >= 15 is 0 Å². The van der Waals surface area contributed by atoms with Crippen molar-refractivity contribution in [2.75, 3.05) is 12.8 Å². The summed E-state index contributed by atoms with van der Waals surface area (Å²) in [5.74, 6) is 0.679. The fourth-order valence-corrected chi connectivity index (χ4v) is 3.59. The molecule has 1 N–H and O–H groups in total. The number of rotatable bonds is 5. The molecule has 2 atom stereocenters. The minimum absolute atomic E-state index is 0.186. The van der Waals surface area contributed by atoms with Crippen LogP contribution < -0.4 is 5.32 Å². The van der Waals surface area contributed by atoms with Gasteiger partial charge in [-0.3, -0.25) is 0 Å². The van der Waals surface area contributed by atoms with Crippen LogP contribution in [0.4, 0.5) is 0 Å². The molecule has 2 unspecified atom stereocenters. The first-order chi connectivity index (χ1) is 8.55. The quantitative estimate of drug-likeness (QED) is 0.843. The summed E-state index contributed by atoms with van der Waals surface area (Å²) in [7, 11) is -2.91. The predicted molar refractivity (Wildman–Crippen MR) is 66.9 cm³/mol. The second-order valence-corrected chi connectivity index (χ2v) is 7.19. The lowest BCUT2D eigenvalue weighted by Gasteiger charge is -2.28. The molecule has 0 amide bonds. The van der Waals surface area contributed by atoms with Gasteiger partial charge in [-0.2, -0.15) is 4.98 Å². The third kappa shape index (κ3) is 3.78. The van der Waals surface area contributed by atoms with Crippen LogP contribution in [0.1, 0.15) is 31.5 Å². The van der Waals surface area contributed by atoms with Gasteiger partial charge in [-0.25, -0.2) is 8.42 Å². The van der Waals surface area contributed by atoms with E-state index in [0.29, 0.717) is 18.7 Å². The fraction of sp³-hybridized carbons (Fsp3) is 0.818. The molecule has 1 saturated carbocycles.